The second kappa shape index (κ2) is 5.04. The molecule has 2 aromatic rings. The molecular formula is C17H16FNO2. The fourth-order valence-corrected chi connectivity index (χ4v) is 3.08. The molecule has 1 atom stereocenters. The number of ether oxygens (including phenoxy) is 2. The predicted octanol–water partition coefficient (Wildman–Crippen LogP) is 2.83. The molecule has 2 heterocycles. The molecule has 2 aromatic carbocycles. The Morgan fingerprint density at radius 2 is 1.76 bits per heavy atom. The van der Waals surface area contributed by atoms with Gasteiger partial charge >= 0.3 is 0 Å². The quantitative estimate of drug-likeness (QED) is 0.874. The molecule has 1 N–H and O–H groups in total. The summed E-state index contributed by atoms with van der Waals surface area (Å²) in [6.45, 7) is 1.97. The summed E-state index contributed by atoms with van der Waals surface area (Å²) in [4.78, 5) is 0. The van der Waals surface area contributed by atoms with E-state index in [1.807, 2.05) is 24.3 Å². The topological polar surface area (TPSA) is 30.5 Å². The maximum Gasteiger partial charge on any atom is 0.161 e. The fourth-order valence-electron chi connectivity index (χ4n) is 3.08. The summed E-state index contributed by atoms with van der Waals surface area (Å²) in [7, 11) is 0. The Balaban J connectivity index is 1.82. The van der Waals surface area contributed by atoms with Crippen molar-refractivity contribution in [2.24, 2.45) is 0 Å². The lowest BCUT2D eigenvalue weighted by Gasteiger charge is -2.30. The molecule has 0 saturated carbocycles. The van der Waals surface area contributed by atoms with E-state index in [2.05, 4.69) is 5.32 Å². The summed E-state index contributed by atoms with van der Waals surface area (Å²) < 4.78 is 25.4. The van der Waals surface area contributed by atoms with Crippen molar-refractivity contribution in [2.45, 2.75) is 12.5 Å². The first kappa shape index (κ1) is 12.7. The highest BCUT2D eigenvalue weighted by Crippen LogP contribution is 2.39. The first-order chi connectivity index (χ1) is 10.3. The summed E-state index contributed by atoms with van der Waals surface area (Å²) in [5.74, 6) is 1.37. The normalized spacial score (nSPS) is 20.0. The van der Waals surface area contributed by atoms with Crippen LogP contribution in [0.5, 0.6) is 11.5 Å². The van der Waals surface area contributed by atoms with Gasteiger partial charge < -0.3 is 14.8 Å². The van der Waals surface area contributed by atoms with E-state index in [0.29, 0.717) is 18.8 Å². The Hall–Kier alpha value is -2.07. The van der Waals surface area contributed by atoms with Crippen molar-refractivity contribution in [1.82, 2.24) is 5.32 Å². The molecule has 0 aliphatic carbocycles. The van der Waals surface area contributed by atoms with E-state index in [0.717, 1.165) is 30.0 Å². The summed E-state index contributed by atoms with van der Waals surface area (Å²) >= 11 is 0. The zero-order valence-electron chi connectivity index (χ0n) is 11.6. The minimum atomic E-state index is -0.183. The van der Waals surface area contributed by atoms with Gasteiger partial charge in [0.05, 0.1) is 6.04 Å². The number of hydrogen-bond donors (Lipinski definition) is 1. The molecule has 4 rings (SSSR count). The zero-order valence-corrected chi connectivity index (χ0v) is 11.6. The van der Waals surface area contributed by atoms with E-state index in [9.17, 15) is 4.39 Å². The number of nitrogens with one attached hydrogen (secondary N) is 1. The lowest BCUT2D eigenvalue weighted by molar-refractivity contribution is 0.171. The van der Waals surface area contributed by atoms with Gasteiger partial charge in [-0.15, -0.1) is 0 Å². The van der Waals surface area contributed by atoms with Crippen LogP contribution in [0.2, 0.25) is 0 Å². The molecule has 0 unspecified atom stereocenters. The van der Waals surface area contributed by atoms with E-state index in [-0.39, 0.29) is 11.9 Å². The van der Waals surface area contributed by atoms with Crippen LogP contribution in [0.1, 0.15) is 22.7 Å². The summed E-state index contributed by atoms with van der Waals surface area (Å²) in [5.41, 5.74) is 2.96. The van der Waals surface area contributed by atoms with Crippen molar-refractivity contribution in [3.8, 4) is 11.5 Å². The van der Waals surface area contributed by atoms with Crippen LogP contribution in [0, 0.1) is 5.82 Å². The van der Waals surface area contributed by atoms with E-state index in [1.54, 1.807) is 6.07 Å². The van der Waals surface area contributed by atoms with Gasteiger partial charge in [0.2, 0.25) is 0 Å². The van der Waals surface area contributed by atoms with Crippen LogP contribution in [-0.4, -0.2) is 19.8 Å². The van der Waals surface area contributed by atoms with Gasteiger partial charge in [-0.1, -0.05) is 18.2 Å². The lowest BCUT2D eigenvalue weighted by atomic mass is 9.89. The lowest BCUT2D eigenvalue weighted by Crippen LogP contribution is -2.31. The third-order valence-corrected chi connectivity index (χ3v) is 4.07. The average Bonchev–Trinajstić information content (AvgIpc) is 2.53. The fraction of sp³-hybridized carbons (Fsp3) is 0.294. The molecule has 0 aromatic heterocycles. The van der Waals surface area contributed by atoms with Crippen LogP contribution in [0.4, 0.5) is 4.39 Å². The molecular weight excluding hydrogens is 269 g/mol. The molecule has 0 spiro atoms. The number of fused-ring (bicyclic) bond motifs is 2. The second-order valence-electron chi connectivity index (χ2n) is 5.35. The molecule has 0 fully saturated rings. The molecule has 108 valence electrons. The summed E-state index contributed by atoms with van der Waals surface area (Å²) in [6.07, 6.45) is 0.914. The van der Waals surface area contributed by atoms with Crippen molar-refractivity contribution >= 4 is 0 Å². The molecule has 0 saturated heterocycles. The Kier molecular flexibility index (Phi) is 3.04. The van der Waals surface area contributed by atoms with Gasteiger partial charge in [0, 0.05) is 12.1 Å². The van der Waals surface area contributed by atoms with Crippen LogP contribution in [-0.2, 0) is 6.42 Å². The van der Waals surface area contributed by atoms with Crippen LogP contribution >= 0.6 is 0 Å². The highest BCUT2D eigenvalue weighted by molar-refractivity contribution is 5.52. The smallest absolute Gasteiger partial charge is 0.161 e. The minimum absolute atomic E-state index is 0.134. The van der Waals surface area contributed by atoms with Crippen LogP contribution in [0.25, 0.3) is 0 Å². The van der Waals surface area contributed by atoms with Crippen molar-refractivity contribution in [1.29, 1.82) is 0 Å². The largest absolute Gasteiger partial charge is 0.486 e. The van der Waals surface area contributed by atoms with Crippen molar-refractivity contribution in [3.05, 3.63) is 58.9 Å². The molecule has 0 amide bonds. The number of benzene rings is 2. The molecule has 2 aliphatic heterocycles. The standard InChI is InChI=1S/C17H16FNO2/c18-14-4-2-1-3-12(14)17-13-10-16-15(20-7-8-21-16)9-11(13)5-6-19-17/h1-4,9-10,17,19H,5-8H2/t17-/m1/s1. The Morgan fingerprint density at radius 3 is 2.57 bits per heavy atom. The SMILES string of the molecule is Fc1ccccc1[C@H]1NCCc2cc3c(cc21)OCCO3. The van der Waals surface area contributed by atoms with Crippen LogP contribution < -0.4 is 14.8 Å². The average molecular weight is 285 g/mol. The van der Waals surface area contributed by atoms with Crippen LogP contribution in [0.15, 0.2) is 36.4 Å². The summed E-state index contributed by atoms with van der Waals surface area (Å²) in [5, 5.41) is 3.40. The van der Waals surface area contributed by atoms with E-state index < -0.39 is 0 Å². The third kappa shape index (κ3) is 2.16. The highest BCUT2D eigenvalue weighted by atomic mass is 19.1. The second-order valence-corrected chi connectivity index (χ2v) is 5.35. The molecule has 0 radical (unpaired) electrons. The number of halogens is 1. The minimum Gasteiger partial charge on any atom is -0.486 e. The van der Waals surface area contributed by atoms with E-state index in [1.165, 1.54) is 11.6 Å². The first-order valence-corrected chi connectivity index (χ1v) is 7.23. The van der Waals surface area contributed by atoms with E-state index in [4.69, 9.17) is 9.47 Å². The molecule has 4 heteroatoms. The Morgan fingerprint density at radius 1 is 1.00 bits per heavy atom. The number of rotatable bonds is 1. The third-order valence-electron chi connectivity index (χ3n) is 4.07. The Bertz CT molecular complexity index is 686. The van der Waals surface area contributed by atoms with Gasteiger partial charge in [0.15, 0.2) is 11.5 Å². The molecule has 2 aliphatic rings. The zero-order chi connectivity index (χ0) is 14.2. The van der Waals surface area contributed by atoms with Gasteiger partial charge in [0.25, 0.3) is 0 Å². The van der Waals surface area contributed by atoms with Crippen LogP contribution in [0.3, 0.4) is 0 Å². The monoisotopic (exact) mass is 285 g/mol. The summed E-state index contributed by atoms with van der Waals surface area (Å²) in [6, 6.07) is 10.8. The van der Waals surface area contributed by atoms with Gasteiger partial charge in [-0.2, -0.15) is 0 Å². The van der Waals surface area contributed by atoms with Gasteiger partial charge in [-0.3, -0.25) is 0 Å². The molecule has 3 nitrogen and oxygen atoms in total. The first-order valence-electron chi connectivity index (χ1n) is 7.23. The Labute approximate surface area is 122 Å². The van der Waals surface area contributed by atoms with Gasteiger partial charge in [0.1, 0.15) is 19.0 Å². The highest BCUT2D eigenvalue weighted by Gasteiger charge is 2.26. The predicted molar refractivity (Wildman–Crippen MR) is 77.4 cm³/mol. The maximum absolute atomic E-state index is 14.1. The maximum atomic E-state index is 14.1. The van der Waals surface area contributed by atoms with E-state index >= 15 is 0 Å². The van der Waals surface area contributed by atoms with Crippen molar-refractivity contribution in [2.75, 3.05) is 19.8 Å². The molecule has 21 heavy (non-hydrogen) atoms. The molecule has 0 bridgehead atoms. The number of hydrogen-bond acceptors (Lipinski definition) is 3. The van der Waals surface area contributed by atoms with Crippen molar-refractivity contribution in [3.63, 3.8) is 0 Å². The van der Waals surface area contributed by atoms with Crippen molar-refractivity contribution < 1.29 is 13.9 Å². The van der Waals surface area contributed by atoms with Gasteiger partial charge in [-0.05, 0) is 35.7 Å². The van der Waals surface area contributed by atoms with Gasteiger partial charge in [-0.25, -0.2) is 4.39 Å².